The average Bonchev–Trinajstić information content (AvgIpc) is 3.88. The van der Waals surface area contributed by atoms with Crippen LogP contribution in [0, 0.1) is 45.3 Å². The molecule has 2 aromatic carbocycles. The van der Waals surface area contributed by atoms with E-state index in [4.69, 9.17) is 9.47 Å². The molecule has 3 fully saturated rings. The van der Waals surface area contributed by atoms with Gasteiger partial charge in [-0.15, -0.1) is 23.5 Å². The van der Waals surface area contributed by atoms with Crippen LogP contribution in [0.15, 0.2) is 106 Å². The molecule has 51 heavy (non-hydrogen) atoms. The first-order valence-electron chi connectivity index (χ1n) is 18.0. The van der Waals surface area contributed by atoms with Gasteiger partial charge in [0.1, 0.15) is 0 Å². The van der Waals surface area contributed by atoms with Gasteiger partial charge in [0.05, 0.1) is 34.8 Å². The molecule has 0 N–H and O–H groups in total. The van der Waals surface area contributed by atoms with Crippen LogP contribution >= 0.6 is 23.5 Å². The van der Waals surface area contributed by atoms with Crippen molar-refractivity contribution in [3.05, 3.63) is 117 Å². The molecule has 6 atom stereocenters. The van der Waals surface area contributed by atoms with Crippen LogP contribution in [-0.4, -0.2) is 34.6 Å². The zero-order valence-corrected chi connectivity index (χ0v) is 31.0. The lowest BCUT2D eigenvalue weighted by Gasteiger charge is -2.51. The lowest BCUT2D eigenvalue weighted by atomic mass is 9.51. The Morgan fingerprint density at radius 2 is 1.12 bits per heavy atom. The fourth-order valence-electron chi connectivity index (χ4n) is 9.88. The van der Waals surface area contributed by atoms with Gasteiger partial charge in [0.25, 0.3) is 0 Å². The standard InChI is InChI=1S/C43H40N2O4S2/c1-5-48-38(46)42(24-44)36-33(28-20-14-9-15-21-28)37(43(42,25-45)39(47)49-6-2)35-30-23-32(27-18-12-8-13-19-27)51-41(30,4)40(3)29(34(35)36)22-31(50-40)26-16-10-7-11-17-26/h7-8,10-13,16-19,22-23,36-37H,5-6,9,14-15,20-21H2,1-4H3/t36-,37+,40?,41?,42-,43-/m0/s1. The lowest BCUT2D eigenvalue weighted by molar-refractivity contribution is -0.172. The minimum Gasteiger partial charge on any atom is -0.465 e. The number of fused-ring (bicyclic) bond motifs is 8. The molecule has 2 aromatic rings. The Balaban J connectivity index is 1.54. The van der Waals surface area contributed by atoms with Crippen LogP contribution in [0.2, 0.25) is 0 Å². The van der Waals surface area contributed by atoms with Gasteiger partial charge >= 0.3 is 11.9 Å². The average molecular weight is 713 g/mol. The molecule has 258 valence electrons. The molecular formula is C43H40N2O4S2. The van der Waals surface area contributed by atoms with E-state index in [9.17, 15) is 20.1 Å². The second kappa shape index (κ2) is 12.2. The monoisotopic (exact) mass is 712 g/mol. The minimum atomic E-state index is -2.14. The number of nitriles is 2. The minimum absolute atomic E-state index is 0.0131. The molecule has 6 aliphatic rings. The zero-order chi connectivity index (χ0) is 35.8. The van der Waals surface area contributed by atoms with E-state index in [1.165, 1.54) is 0 Å². The summed E-state index contributed by atoms with van der Waals surface area (Å²) in [6.07, 6.45) is 9.16. The van der Waals surface area contributed by atoms with Crippen LogP contribution in [0.1, 0.15) is 70.9 Å². The third-order valence-electron chi connectivity index (χ3n) is 12.2. The summed E-state index contributed by atoms with van der Waals surface area (Å²) in [5.74, 6) is -3.32. The van der Waals surface area contributed by atoms with Gasteiger partial charge in [0.15, 0.2) is 10.8 Å². The van der Waals surface area contributed by atoms with Crippen molar-refractivity contribution in [2.75, 3.05) is 13.2 Å². The van der Waals surface area contributed by atoms with Crippen LogP contribution in [0.3, 0.4) is 0 Å². The topological polar surface area (TPSA) is 100 Å². The Labute approximate surface area is 308 Å². The summed E-state index contributed by atoms with van der Waals surface area (Å²) in [4.78, 5) is 31.5. The zero-order valence-electron chi connectivity index (χ0n) is 29.4. The highest BCUT2D eigenvalue weighted by atomic mass is 32.2. The maximum absolute atomic E-state index is 14.7. The highest BCUT2D eigenvalue weighted by Crippen LogP contribution is 2.80. The van der Waals surface area contributed by atoms with Gasteiger partial charge in [-0.2, -0.15) is 10.5 Å². The maximum atomic E-state index is 14.7. The van der Waals surface area contributed by atoms with Gasteiger partial charge in [-0.05, 0) is 98.9 Å². The van der Waals surface area contributed by atoms with Crippen molar-refractivity contribution in [1.82, 2.24) is 0 Å². The van der Waals surface area contributed by atoms with E-state index in [1.807, 2.05) is 59.9 Å². The number of allylic oxidation sites excluding steroid dienone is 6. The highest BCUT2D eigenvalue weighted by molar-refractivity contribution is 8.14. The molecule has 0 amide bonds. The molecule has 6 nitrogen and oxygen atoms in total. The number of carbonyl (C=O) groups is 2. The van der Waals surface area contributed by atoms with Gasteiger partial charge in [-0.3, -0.25) is 9.59 Å². The van der Waals surface area contributed by atoms with Crippen molar-refractivity contribution in [1.29, 1.82) is 10.5 Å². The van der Waals surface area contributed by atoms with E-state index in [1.54, 1.807) is 13.8 Å². The maximum Gasteiger partial charge on any atom is 0.329 e. The van der Waals surface area contributed by atoms with Crippen molar-refractivity contribution in [3.63, 3.8) is 0 Å². The van der Waals surface area contributed by atoms with Gasteiger partial charge < -0.3 is 9.47 Å². The number of rotatable bonds is 6. The predicted molar refractivity (Wildman–Crippen MR) is 201 cm³/mol. The van der Waals surface area contributed by atoms with E-state index in [0.717, 1.165) is 86.5 Å². The predicted octanol–water partition coefficient (Wildman–Crippen LogP) is 9.35. The first-order chi connectivity index (χ1) is 24.7. The number of ether oxygens (including phenoxy) is 2. The SMILES string of the molecule is CCOC(=O)[C@]1(C#N)[C@@H]2C3=C4C=C(c5ccccc5)SC4(C)C4(C)SC(c5ccccc5)=CC4=C3[C@@H](C2=C2CCCCC2)[C@@]1(C#N)C(=O)OCC. The molecule has 0 aromatic heterocycles. The third kappa shape index (κ3) is 4.24. The second-order valence-corrected chi connectivity index (χ2v) is 17.4. The van der Waals surface area contributed by atoms with Gasteiger partial charge in [0, 0.05) is 21.6 Å². The molecule has 0 radical (unpaired) electrons. The normalized spacial score (nSPS) is 33.1. The van der Waals surface area contributed by atoms with E-state index in [-0.39, 0.29) is 13.2 Å². The van der Waals surface area contributed by atoms with Crippen molar-refractivity contribution < 1.29 is 19.1 Å². The number of thioether (sulfide) groups is 2. The number of hydrogen-bond acceptors (Lipinski definition) is 8. The van der Waals surface area contributed by atoms with E-state index in [2.05, 4.69) is 62.4 Å². The second-order valence-electron chi connectivity index (χ2n) is 14.4. The van der Waals surface area contributed by atoms with Crippen molar-refractivity contribution >= 4 is 45.3 Å². The molecule has 8 heteroatoms. The fourth-order valence-corrected chi connectivity index (χ4v) is 13.0. The molecule has 2 heterocycles. The molecule has 2 unspecified atom stereocenters. The Morgan fingerprint density at radius 3 is 1.49 bits per heavy atom. The van der Waals surface area contributed by atoms with Crippen LogP contribution < -0.4 is 0 Å². The fraction of sp³-hybridized carbons (Fsp3) is 0.395. The molecule has 0 spiro atoms. The highest BCUT2D eigenvalue weighted by Gasteiger charge is 2.84. The summed E-state index contributed by atoms with van der Waals surface area (Å²) in [7, 11) is 0. The Bertz CT molecular complexity index is 1970. The Kier molecular flexibility index (Phi) is 8.09. The summed E-state index contributed by atoms with van der Waals surface area (Å²) in [6.45, 7) is 8.00. The lowest BCUT2D eigenvalue weighted by Crippen LogP contribution is -2.59. The van der Waals surface area contributed by atoms with E-state index >= 15 is 0 Å². The number of nitrogens with zero attached hydrogens (tertiary/aromatic N) is 2. The van der Waals surface area contributed by atoms with E-state index < -0.39 is 44.1 Å². The van der Waals surface area contributed by atoms with Crippen LogP contribution in [0.4, 0.5) is 0 Å². The van der Waals surface area contributed by atoms with Crippen LogP contribution in [-0.2, 0) is 19.1 Å². The summed E-state index contributed by atoms with van der Waals surface area (Å²) in [5, 5.41) is 23.0. The molecular weight excluding hydrogens is 673 g/mol. The van der Waals surface area contributed by atoms with Crippen LogP contribution in [0.5, 0.6) is 0 Å². The Hall–Kier alpha value is -4.24. The molecule has 2 bridgehead atoms. The van der Waals surface area contributed by atoms with Gasteiger partial charge in [0.2, 0.25) is 0 Å². The van der Waals surface area contributed by atoms with Crippen molar-refractivity contribution in [2.24, 2.45) is 22.7 Å². The number of carbonyl (C=O) groups excluding carboxylic acids is 2. The smallest absolute Gasteiger partial charge is 0.329 e. The third-order valence-corrected chi connectivity index (χ3v) is 15.6. The summed E-state index contributed by atoms with van der Waals surface area (Å²) in [6, 6.07) is 25.4. The van der Waals surface area contributed by atoms with Crippen molar-refractivity contribution in [3.8, 4) is 12.1 Å². The quantitative estimate of drug-likeness (QED) is 0.216. The molecule has 4 aliphatic carbocycles. The first-order valence-corrected chi connectivity index (χ1v) is 19.6. The summed E-state index contributed by atoms with van der Waals surface area (Å²) in [5.41, 5.74) is 3.93. The number of benzene rings is 2. The largest absolute Gasteiger partial charge is 0.465 e. The van der Waals surface area contributed by atoms with E-state index in [0.29, 0.717) is 0 Å². The molecule has 0 saturated heterocycles. The Morgan fingerprint density at radius 1 is 0.706 bits per heavy atom. The van der Waals surface area contributed by atoms with Crippen LogP contribution in [0.25, 0.3) is 9.81 Å². The number of esters is 2. The van der Waals surface area contributed by atoms with Crippen molar-refractivity contribution in [2.45, 2.75) is 69.3 Å². The number of hydrogen-bond donors (Lipinski definition) is 0. The first kappa shape index (κ1) is 33.9. The molecule has 8 rings (SSSR count). The summed E-state index contributed by atoms with van der Waals surface area (Å²) >= 11 is 3.65. The molecule has 2 aliphatic heterocycles. The summed E-state index contributed by atoms with van der Waals surface area (Å²) < 4.78 is 10.5. The van der Waals surface area contributed by atoms with Gasteiger partial charge in [-0.1, -0.05) is 78.2 Å². The van der Waals surface area contributed by atoms with Gasteiger partial charge in [-0.25, -0.2) is 0 Å². The molecule has 3 saturated carbocycles.